The first kappa shape index (κ1) is 16.3. The van der Waals surface area contributed by atoms with Crippen LogP contribution < -0.4 is 10.0 Å². The van der Waals surface area contributed by atoms with Crippen molar-refractivity contribution < 1.29 is 8.42 Å². The lowest BCUT2D eigenvalue weighted by Gasteiger charge is -2.17. The Labute approximate surface area is 120 Å². The van der Waals surface area contributed by atoms with Gasteiger partial charge in [0.05, 0.1) is 16.0 Å². The minimum absolute atomic E-state index is 0.250. The van der Waals surface area contributed by atoms with Crippen LogP contribution in [0.25, 0.3) is 0 Å². The number of sulfonamides is 1. The molecule has 2 N–H and O–H groups in total. The van der Waals surface area contributed by atoms with E-state index in [4.69, 9.17) is 11.6 Å². The van der Waals surface area contributed by atoms with Crippen LogP contribution in [0.2, 0.25) is 5.02 Å². The Bertz CT molecular complexity index is 529. The molecule has 0 saturated heterocycles. The molecule has 0 aromatic heterocycles. The molecule has 1 aromatic carbocycles. The summed E-state index contributed by atoms with van der Waals surface area (Å²) in [5.41, 5.74) is 1.38. The van der Waals surface area contributed by atoms with E-state index >= 15 is 0 Å². The Balaban J connectivity index is 2.81. The van der Waals surface area contributed by atoms with Crippen LogP contribution in [-0.2, 0) is 10.0 Å². The third-order valence-electron chi connectivity index (χ3n) is 2.72. The van der Waals surface area contributed by atoms with Crippen molar-refractivity contribution in [3.8, 4) is 0 Å². The molecule has 1 atom stereocenters. The van der Waals surface area contributed by atoms with E-state index in [-0.39, 0.29) is 6.04 Å². The average Bonchev–Trinajstić information content (AvgIpc) is 2.30. The summed E-state index contributed by atoms with van der Waals surface area (Å²) in [5, 5.41) is 2.98. The maximum absolute atomic E-state index is 12.2. The van der Waals surface area contributed by atoms with Crippen molar-refractivity contribution in [2.75, 3.05) is 11.3 Å². The van der Waals surface area contributed by atoms with E-state index in [9.17, 15) is 8.42 Å². The van der Waals surface area contributed by atoms with Crippen molar-refractivity contribution in [1.29, 1.82) is 0 Å². The van der Waals surface area contributed by atoms with Crippen molar-refractivity contribution in [3.05, 3.63) is 28.8 Å². The van der Waals surface area contributed by atoms with Gasteiger partial charge >= 0.3 is 0 Å². The van der Waals surface area contributed by atoms with Crippen LogP contribution >= 0.6 is 11.6 Å². The quantitative estimate of drug-likeness (QED) is 0.849. The van der Waals surface area contributed by atoms with Crippen molar-refractivity contribution in [3.63, 3.8) is 0 Å². The Morgan fingerprint density at radius 2 is 1.89 bits per heavy atom. The average molecular weight is 305 g/mol. The molecule has 1 unspecified atom stereocenters. The summed E-state index contributed by atoms with van der Waals surface area (Å²) in [5.74, 6) is 0. The zero-order valence-electron chi connectivity index (χ0n) is 11.7. The molecule has 0 bridgehead atoms. The van der Waals surface area contributed by atoms with Gasteiger partial charge in [-0.1, -0.05) is 31.5 Å². The predicted molar refractivity (Wildman–Crippen MR) is 81.3 cm³/mol. The fraction of sp³-hybridized carbons (Fsp3) is 0.538. The molecular weight excluding hydrogens is 284 g/mol. The minimum atomic E-state index is -3.45. The molecule has 1 aromatic rings. The van der Waals surface area contributed by atoms with Gasteiger partial charge in [0, 0.05) is 12.6 Å². The highest BCUT2D eigenvalue weighted by Crippen LogP contribution is 2.24. The topological polar surface area (TPSA) is 58.2 Å². The molecule has 0 aliphatic rings. The molecule has 0 aliphatic carbocycles. The number of nitrogens with one attached hydrogen (secondary N) is 2. The van der Waals surface area contributed by atoms with Crippen molar-refractivity contribution in [2.45, 2.75) is 39.0 Å². The molecule has 1 rings (SSSR count). The molecule has 0 aliphatic heterocycles. The van der Waals surface area contributed by atoms with Crippen LogP contribution in [-0.4, -0.2) is 26.3 Å². The number of hydrogen-bond acceptors (Lipinski definition) is 3. The van der Waals surface area contributed by atoms with Crippen molar-refractivity contribution in [1.82, 2.24) is 5.32 Å². The fourth-order valence-electron chi connectivity index (χ4n) is 1.48. The third kappa shape index (κ3) is 5.01. The number of benzene rings is 1. The summed E-state index contributed by atoms with van der Waals surface area (Å²) in [6, 6.07) is 5.50. The first-order valence-corrected chi connectivity index (χ1v) is 8.16. The lowest BCUT2D eigenvalue weighted by Crippen LogP contribution is -2.37. The van der Waals surface area contributed by atoms with Crippen molar-refractivity contribution >= 4 is 27.3 Å². The SMILES string of the molecule is Cc1ccc(Cl)c(NS(=O)(=O)C(C)CNC(C)C)c1. The summed E-state index contributed by atoms with van der Waals surface area (Å²) in [6.45, 7) is 7.91. The summed E-state index contributed by atoms with van der Waals surface area (Å²) in [7, 11) is -3.45. The molecule has 4 nitrogen and oxygen atoms in total. The second kappa shape index (κ2) is 6.59. The van der Waals surface area contributed by atoms with Crippen LogP contribution in [0.5, 0.6) is 0 Å². The number of aryl methyl sites for hydroxylation is 1. The van der Waals surface area contributed by atoms with Gasteiger partial charge in [-0.2, -0.15) is 0 Å². The van der Waals surface area contributed by atoms with Gasteiger partial charge in [0.15, 0.2) is 0 Å². The maximum atomic E-state index is 12.2. The fourth-order valence-corrected chi connectivity index (χ4v) is 2.70. The predicted octanol–water partition coefficient (Wildman–Crippen LogP) is 2.78. The lowest BCUT2D eigenvalue weighted by atomic mass is 10.2. The highest BCUT2D eigenvalue weighted by Gasteiger charge is 2.21. The van der Waals surface area contributed by atoms with Gasteiger partial charge in [0.2, 0.25) is 10.0 Å². The third-order valence-corrected chi connectivity index (χ3v) is 4.78. The van der Waals surface area contributed by atoms with Crippen LogP contribution in [0.15, 0.2) is 18.2 Å². The van der Waals surface area contributed by atoms with Gasteiger partial charge in [-0.15, -0.1) is 0 Å². The molecule has 0 fully saturated rings. The van der Waals surface area contributed by atoms with Crippen LogP contribution in [0.3, 0.4) is 0 Å². The zero-order chi connectivity index (χ0) is 14.6. The highest BCUT2D eigenvalue weighted by molar-refractivity contribution is 7.93. The van der Waals surface area contributed by atoms with E-state index in [1.807, 2.05) is 26.8 Å². The Morgan fingerprint density at radius 1 is 1.26 bits per heavy atom. The number of rotatable bonds is 6. The van der Waals surface area contributed by atoms with Gasteiger partial charge in [-0.3, -0.25) is 4.72 Å². The minimum Gasteiger partial charge on any atom is -0.313 e. The van der Waals surface area contributed by atoms with Gasteiger partial charge < -0.3 is 5.32 Å². The van der Waals surface area contributed by atoms with Gasteiger partial charge in [-0.05, 0) is 31.5 Å². The van der Waals surface area contributed by atoms with E-state index in [1.165, 1.54) is 0 Å². The number of halogens is 1. The van der Waals surface area contributed by atoms with Gasteiger partial charge in [0.1, 0.15) is 0 Å². The number of anilines is 1. The largest absolute Gasteiger partial charge is 0.313 e. The zero-order valence-corrected chi connectivity index (χ0v) is 13.3. The molecule has 108 valence electrons. The first-order chi connectivity index (χ1) is 8.72. The summed E-state index contributed by atoms with van der Waals surface area (Å²) in [4.78, 5) is 0. The smallest absolute Gasteiger partial charge is 0.236 e. The molecule has 19 heavy (non-hydrogen) atoms. The second-order valence-corrected chi connectivity index (χ2v) is 7.51. The molecule has 0 amide bonds. The Morgan fingerprint density at radius 3 is 2.47 bits per heavy atom. The van der Waals surface area contributed by atoms with Crippen LogP contribution in [0.4, 0.5) is 5.69 Å². The van der Waals surface area contributed by atoms with Crippen LogP contribution in [0, 0.1) is 6.92 Å². The van der Waals surface area contributed by atoms with Gasteiger partial charge in [-0.25, -0.2) is 8.42 Å². The standard InChI is InChI=1S/C13H21ClN2O2S/c1-9(2)15-8-11(4)19(17,18)16-13-7-10(3)5-6-12(13)14/h5-7,9,11,15-16H,8H2,1-4H3. The first-order valence-electron chi connectivity index (χ1n) is 6.23. The summed E-state index contributed by atoms with van der Waals surface area (Å²) in [6.07, 6.45) is 0. The van der Waals surface area contributed by atoms with Crippen molar-refractivity contribution in [2.24, 2.45) is 0 Å². The molecule has 0 spiro atoms. The van der Waals surface area contributed by atoms with E-state index in [1.54, 1.807) is 19.1 Å². The van der Waals surface area contributed by atoms with Crippen LogP contribution in [0.1, 0.15) is 26.3 Å². The normalized spacial score (nSPS) is 13.6. The van der Waals surface area contributed by atoms with E-state index in [2.05, 4.69) is 10.0 Å². The lowest BCUT2D eigenvalue weighted by molar-refractivity contribution is 0.553. The summed E-state index contributed by atoms with van der Waals surface area (Å²) >= 11 is 5.99. The molecule has 6 heteroatoms. The Kier molecular flexibility index (Phi) is 5.64. The molecule has 0 radical (unpaired) electrons. The van der Waals surface area contributed by atoms with Gasteiger partial charge in [0.25, 0.3) is 0 Å². The molecule has 0 heterocycles. The maximum Gasteiger partial charge on any atom is 0.236 e. The summed E-state index contributed by atoms with van der Waals surface area (Å²) < 4.78 is 26.9. The monoisotopic (exact) mass is 304 g/mol. The Hall–Kier alpha value is -0.780. The second-order valence-electron chi connectivity index (χ2n) is 5.00. The molecular formula is C13H21ClN2O2S. The van der Waals surface area contributed by atoms with E-state index < -0.39 is 15.3 Å². The number of hydrogen-bond donors (Lipinski definition) is 2. The highest BCUT2D eigenvalue weighted by atomic mass is 35.5. The van der Waals surface area contributed by atoms with E-state index in [0.29, 0.717) is 17.3 Å². The van der Waals surface area contributed by atoms with E-state index in [0.717, 1.165) is 5.56 Å². The molecule has 0 saturated carbocycles.